The van der Waals surface area contributed by atoms with Crippen LogP contribution in [-0.4, -0.2) is 22.4 Å². The molecule has 122 valence electrons. The highest BCUT2D eigenvalue weighted by Crippen LogP contribution is 2.25. The molecule has 0 aliphatic carbocycles. The summed E-state index contributed by atoms with van der Waals surface area (Å²) in [6, 6.07) is 10.9. The topological polar surface area (TPSA) is 68.5 Å². The average Bonchev–Trinajstić information content (AvgIpc) is 2.55. The molecule has 0 amide bonds. The minimum absolute atomic E-state index is 0.0515. The van der Waals surface area contributed by atoms with E-state index >= 15 is 0 Å². The molecular weight excluding hydrogens is 313 g/mol. The van der Waals surface area contributed by atoms with Crippen LogP contribution in [0.4, 0.5) is 9.18 Å². The standard InChI is InChI=1S/C18H14FNO4/c1-2-24-18(23)20-15(11-3-6-13(21)7-4-11)10-17(22)14-8-5-12(19)9-16(14)20/h3-10,21H,2H2,1H3. The molecule has 6 heteroatoms. The largest absolute Gasteiger partial charge is 0.508 e. The van der Waals surface area contributed by atoms with Gasteiger partial charge in [0.1, 0.15) is 11.6 Å². The van der Waals surface area contributed by atoms with Crippen molar-refractivity contribution >= 4 is 17.0 Å². The predicted molar refractivity (Wildman–Crippen MR) is 87.7 cm³/mol. The zero-order valence-corrected chi connectivity index (χ0v) is 12.8. The third-order valence-electron chi connectivity index (χ3n) is 3.59. The maximum atomic E-state index is 13.7. The molecular formula is C18H14FNO4. The number of hydrogen-bond acceptors (Lipinski definition) is 4. The molecule has 1 heterocycles. The first-order valence-electron chi connectivity index (χ1n) is 7.33. The van der Waals surface area contributed by atoms with Crippen molar-refractivity contribution in [2.75, 3.05) is 6.61 Å². The summed E-state index contributed by atoms with van der Waals surface area (Å²) < 4.78 is 19.9. The molecule has 0 aliphatic heterocycles. The molecule has 3 rings (SSSR count). The van der Waals surface area contributed by atoms with Crippen LogP contribution in [0.15, 0.2) is 53.3 Å². The van der Waals surface area contributed by atoms with Crippen LogP contribution in [-0.2, 0) is 4.74 Å². The summed E-state index contributed by atoms with van der Waals surface area (Å²) in [5.41, 5.74) is 0.568. The van der Waals surface area contributed by atoms with Crippen LogP contribution in [0.1, 0.15) is 6.92 Å². The Labute approximate surface area is 136 Å². The first-order chi connectivity index (χ1) is 11.5. The second kappa shape index (κ2) is 6.16. The molecule has 0 spiro atoms. The maximum absolute atomic E-state index is 13.7. The van der Waals surface area contributed by atoms with Gasteiger partial charge in [0, 0.05) is 11.5 Å². The molecule has 3 aromatic rings. The maximum Gasteiger partial charge on any atom is 0.418 e. The number of phenolic OH excluding ortho intramolecular Hbond substituents is 1. The number of phenols is 1. The van der Waals surface area contributed by atoms with E-state index in [1.807, 2.05) is 0 Å². The highest BCUT2D eigenvalue weighted by atomic mass is 19.1. The van der Waals surface area contributed by atoms with E-state index in [1.165, 1.54) is 30.3 Å². The van der Waals surface area contributed by atoms with Gasteiger partial charge in [0.2, 0.25) is 0 Å². The fraction of sp³-hybridized carbons (Fsp3) is 0.111. The number of hydrogen-bond donors (Lipinski definition) is 1. The molecule has 1 aromatic heterocycles. The molecule has 0 fully saturated rings. The van der Waals surface area contributed by atoms with Gasteiger partial charge in [-0.15, -0.1) is 0 Å². The van der Waals surface area contributed by atoms with Crippen molar-refractivity contribution in [2.45, 2.75) is 6.92 Å². The molecule has 0 bridgehead atoms. The van der Waals surface area contributed by atoms with E-state index in [2.05, 4.69) is 0 Å². The Hall–Kier alpha value is -3.15. The van der Waals surface area contributed by atoms with Crippen LogP contribution < -0.4 is 5.43 Å². The Bertz CT molecular complexity index is 977. The summed E-state index contributed by atoms with van der Waals surface area (Å²) >= 11 is 0. The number of carbonyl (C=O) groups is 1. The van der Waals surface area contributed by atoms with Crippen molar-refractivity contribution in [1.82, 2.24) is 4.57 Å². The number of rotatable bonds is 2. The quantitative estimate of drug-likeness (QED) is 0.782. The lowest BCUT2D eigenvalue weighted by molar-refractivity contribution is 0.155. The molecule has 0 atom stereocenters. The summed E-state index contributed by atoms with van der Waals surface area (Å²) in [5, 5.41) is 9.63. The number of halogens is 1. The number of aromatic nitrogens is 1. The summed E-state index contributed by atoms with van der Waals surface area (Å²) in [6.07, 6.45) is -0.712. The summed E-state index contributed by atoms with van der Waals surface area (Å²) in [7, 11) is 0. The number of benzene rings is 2. The van der Waals surface area contributed by atoms with Gasteiger partial charge in [-0.05, 0) is 55.0 Å². The van der Waals surface area contributed by atoms with E-state index in [0.29, 0.717) is 5.56 Å². The van der Waals surface area contributed by atoms with Gasteiger partial charge < -0.3 is 9.84 Å². The third kappa shape index (κ3) is 2.74. The van der Waals surface area contributed by atoms with Gasteiger partial charge >= 0.3 is 6.09 Å². The predicted octanol–water partition coefficient (Wildman–Crippen LogP) is 3.52. The lowest BCUT2D eigenvalue weighted by atomic mass is 10.1. The van der Waals surface area contributed by atoms with Gasteiger partial charge in [0.15, 0.2) is 5.43 Å². The molecule has 0 unspecified atom stereocenters. The fourth-order valence-corrected chi connectivity index (χ4v) is 2.52. The minimum Gasteiger partial charge on any atom is -0.508 e. The number of carbonyl (C=O) groups excluding carboxylic acids is 1. The number of aromatic hydroxyl groups is 1. The van der Waals surface area contributed by atoms with Gasteiger partial charge in [-0.25, -0.2) is 13.8 Å². The molecule has 1 N–H and O–H groups in total. The lowest BCUT2D eigenvalue weighted by Gasteiger charge is -2.15. The Kier molecular flexibility index (Phi) is 4.04. The van der Waals surface area contributed by atoms with Crippen molar-refractivity contribution in [3.05, 3.63) is 64.6 Å². The molecule has 0 radical (unpaired) electrons. The molecule has 0 saturated carbocycles. The number of ether oxygens (including phenoxy) is 1. The molecule has 5 nitrogen and oxygen atoms in total. The number of nitrogens with zero attached hydrogens (tertiary/aromatic N) is 1. The second-order valence-corrected chi connectivity index (χ2v) is 5.14. The Morgan fingerprint density at radius 1 is 1.17 bits per heavy atom. The highest BCUT2D eigenvalue weighted by Gasteiger charge is 2.18. The van der Waals surface area contributed by atoms with Gasteiger partial charge in [-0.3, -0.25) is 4.79 Å². The normalized spacial score (nSPS) is 10.8. The number of pyridine rings is 1. The number of fused-ring (bicyclic) bond motifs is 1. The van der Waals surface area contributed by atoms with Gasteiger partial charge in [0.25, 0.3) is 0 Å². The third-order valence-corrected chi connectivity index (χ3v) is 3.59. The van der Waals surface area contributed by atoms with Crippen LogP contribution in [0, 0.1) is 5.82 Å². The van der Waals surface area contributed by atoms with Crippen molar-refractivity contribution in [2.24, 2.45) is 0 Å². The Balaban J connectivity index is 2.39. The Morgan fingerprint density at radius 3 is 2.54 bits per heavy atom. The average molecular weight is 327 g/mol. The summed E-state index contributed by atoms with van der Waals surface area (Å²) in [4.78, 5) is 24.8. The van der Waals surface area contributed by atoms with Crippen molar-refractivity contribution in [3.63, 3.8) is 0 Å². The van der Waals surface area contributed by atoms with Gasteiger partial charge in [-0.1, -0.05) is 0 Å². The van der Waals surface area contributed by atoms with E-state index in [9.17, 15) is 19.1 Å². The van der Waals surface area contributed by atoms with E-state index in [1.54, 1.807) is 19.1 Å². The monoisotopic (exact) mass is 327 g/mol. The fourth-order valence-electron chi connectivity index (χ4n) is 2.52. The molecule has 0 aliphatic rings. The lowest BCUT2D eigenvalue weighted by Crippen LogP contribution is -2.20. The van der Waals surface area contributed by atoms with Crippen LogP contribution >= 0.6 is 0 Å². The van der Waals surface area contributed by atoms with E-state index in [-0.39, 0.29) is 34.4 Å². The van der Waals surface area contributed by atoms with Crippen molar-refractivity contribution in [1.29, 1.82) is 0 Å². The van der Waals surface area contributed by atoms with Crippen LogP contribution in [0.25, 0.3) is 22.2 Å². The van der Waals surface area contributed by atoms with Crippen molar-refractivity contribution < 1.29 is 19.0 Å². The first-order valence-corrected chi connectivity index (χ1v) is 7.33. The van der Waals surface area contributed by atoms with Gasteiger partial charge in [0.05, 0.1) is 17.8 Å². The molecule has 0 saturated heterocycles. The zero-order chi connectivity index (χ0) is 17.3. The van der Waals surface area contributed by atoms with Crippen molar-refractivity contribution in [3.8, 4) is 17.0 Å². The zero-order valence-electron chi connectivity index (χ0n) is 12.8. The SMILES string of the molecule is CCOC(=O)n1c(-c2ccc(O)cc2)cc(=O)c2ccc(F)cc21. The van der Waals surface area contributed by atoms with Crippen LogP contribution in [0.3, 0.4) is 0 Å². The molecule has 2 aromatic carbocycles. The van der Waals surface area contributed by atoms with E-state index < -0.39 is 11.9 Å². The molecule has 24 heavy (non-hydrogen) atoms. The van der Waals surface area contributed by atoms with E-state index in [4.69, 9.17) is 4.74 Å². The van der Waals surface area contributed by atoms with Gasteiger partial charge in [-0.2, -0.15) is 0 Å². The van der Waals surface area contributed by atoms with E-state index in [0.717, 1.165) is 10.6 Å². The van der Waals surface area contributed by atoms with Crippen LogP contribution in [0.2, 0.25) is 0 Å². The highest BCUT2D eigenvalue weighted by molar-refractivity contribution is 5.92. The Morgan fingerprint density at radius 2 is 1.88 bits per heavy atom. The smallest absolute Gasteiger partial charge is 0.418 e. The summed E-state index contributed by atoms with van der Waals surface area (Å²) in [6.45, 7) is 1.79. The van der Waals surface area contributed by atoms with Crippen LogP contribution in [0.5, 0.6) is 5.75 Å². The summed E-state index contributed by atoms with van der Waals surface area (Å²) in [5.74, 6) is -0.515. The second-order valence-electron chi connectivity index (χ2n) is 5.14. The minimum atomic E-state index is -0.712. The first kappa shape index (κ1) is 15.7.